The third-order valence-corrected chi connectivity index (χ3v) is 5.15. The minimum absolute atomic E-state index is 0.0107. The molecule has 2 unspecified atom stereocenters. The average molecular weight is 360 g/mol. The highest BCUT2D eigenvalue weighted by atomic mass is 32.2. The van der Waals surface area contributed by atoms with Crippen molar-refractivity contribution in [3.8, 4) is 5.75 Å². The van der Waals surface area contributed by atoms with Gasteiger partial charge in [0.2, 0.25) is 0 Å². The minimum atomic E-state index is -0.541. The van der Waals surface area contributed by atoms with Crippen LogP contribution in [0.5, 0.6) is 5.75 Å². The van der Waals surface area contributed by atoms with Crippen molar-refractivity contribution in [2.24, 2.45) is 7.05 Å². The van der Waals surface area contributed by atoms with Crippen LogP contribution in [0.4, 0.5) is 0 Å². The number of carbonyl (C=O) groups excluding carboxylic acids is 1. The van der Waals surface area contributed by atoms with E-state index in [1.165, 1.54) is 4.90 Å². The van der Waals surface area contributed by atoms with Gasteiger partial charge in [0.1, 0.15) is 17.6 Å². The minimum Gasteiger partial charge on any atom is -0.481 e. The fourth-order valence-corrected chi connectivity index (χ4v) is 3.45. The first kappa shape index (κ1) is 17.8. The lowest BCUT2D eigenvalue weighted by atomic mass is 10.1. The van der Waals surface area contributed by atoms with Gasteiger partial charge < -0.3 is 19.5 Å². The zero-order valence-corrected chi connectivity index (χ0v) is 15.6. The summed E-state index contributed by atoms with van der Waals surface area (Å²) in [6.07, 6.45) is 5.16. The van der Waals surface area contributed by atoms with Crippen LogP contribution in [0.3, 0.4) is 0 Å². The predicted octanol–water partition coefficient (Wildman–Crippen LogP) is 2.08. The van der Waals surface area contributed by atoms with Gasteiger partial charge in [0.15, 0.2) is 6.10 Å². The summed E-state index contributed by atoms with van der Waals surface area (Å²) in [6.45, 7) is 3.94. The second-order valence-electron chi connectivity index (χ2n) is 6.08. The molecule has 2 aromatic rings. The lowest BCUT2D eigenvalue weighted by Gasteiger charge is -2.37. The van der Waals surface area contributed by atoms with E-state index in [4.69, 9.17) is 4.74 Å². The van der Waals surface area contributed by atoms with E-state index in [0.29, 0.717) is 18.8 Å². The van der Waals surface area contributed by atoms with Crippen LogP contribution in [0, 0.1) is 0 Å². The summed E-state index contributed by atoms with van der Waals surface area (Å²) in [7, 11) is 1.95. The monoisotopic (exact) mass is 360 g/mol. The molecular formula is C18H24N4O2S. The van der Waals surface area contributed by atoms with Crippen molar-refractivity contribution in [3.63, 3.8) is 0 Å². The molecule has 0 aliphatic carbocycles. The lowest BCUT2D eigenvalue weighted by molar-refractivity contribution is -0.141. The van der Waals surface area contributed by atoms with Gasteiger partial charge in [-0.25, -0.2) is 4.98 Å². The molecule has 6 nitrogen and oxygen atoms in total. The van der Waals surface area contributed by atoms with Crippen molar-refractivity contribution < 1.29 is 9.53 Å². The van der Waals surface area contributed by atoms with Crippen LogP contribution in [0.1, 0.15) is 18.8 Å². The molecule has 1 aliphatic heterocycles. The van der Waals surface area contributed by atoms with Crippen LogP contribution < -0.4 is 10.1 Å². The van der Waals surface area contributed by atoms with Crippen molar-refractivity contribution >= 4 is 17.7 Å². The SMILES string of the molecule is CSc1ccc(OC(C)C(=O)N2CCNCC2c2nccn2C)cc1. The summed E-state index contributed by atoms with van der Waals surface area (Å²) in [5.74, 6) is 1.59. The van der Waals surface area contributed by atoms with E-state index >= 15 is 0 Å². The Bertz CT molecular complexity index is 716. The van der Waals surface area contributed by atoms with Gasteiger partial charge in [-0.05, 0) is 37.4 Å². The van der Waals surface area contributed by atoms with Crippen LogP contribution in [-0.4, -0.2) is 52.4 Å². The molecule has 3 rings (SSSR count). The molecule has 0 bridgehead atoms. The van der Waals surface area contributed by atoms with Gasteiger partial charge >= 0.3 is 0 Å². The number of aryl methyl sites for hydroxylation is 1. The summed E-state index contributed by atoms with van der Waals surface area (Å²) in [4.78, 5) is 20.4. The Kier molecular flexibility index (Phi) is 5.65. The Labute approximate surface area is 152 Å². The van der Waals surface area contributed by atoms with Crippen molar-refractivity contribution in [1.29, 1.82) is 0 Å². The number of imidazole rings is 1. The van der Waals surface area contributed by atoms with E-state index in [-0.39, 0.29) is 11.9 Å². The summed E-state index contributed by atoms with van der Waals surface area (Å²) < 4.78 is 7.84. The number of benzene rings is 1. The average Bonchev–Trinajstić information content (AvgIpc) is 3.07. The van der Waals surface area contributed by atoms with Gasteiger partial charge in [0, 0.05) is 44.0 Å². The fraction of sp³-hybridized carbons (Fsp3) is 0.444. The fourth-order valence-electron chi connectivity index (χ4n) is 3.04. The highest BCUT2D eigenvalue weighted by Gasteiger charge is 2.33. The van der Waals surface area contributed by atoms with Crippen LogP contribution in [-0.2, 0) is 11.8 Å². The molecular weight excluding hydrogens is 336 g/mol. The molecule has 0 spiro atoms. The van der Waals surface area contributed by atoms with E-state index < -0.39 is 6.10 Å². The largest absolute Gasteiger partial charge is 0.481 e. The maximum absolute atomic E-state index is 13.0. The number of piperazine rings is 1. The van der Waals surface area contributed by atoms with Gasteiger partial charge in [0.05, 0.1) is 0 Å². The molecule has 1 N–H and O–H groups in total. The number of hydrogen-bond donors (Lipinski definition) is 1. The topological polar surface area (TPSA) is 59.4 Å². The maximum Gasteiger partial charge on any atom is 0.264 e. The highest BCUT2D eigenvalue weighted by Crippen LogP contribution is 2.24. The highest BCUT2D eigenvalue weighted by molar-refractivity contribution is 7.98. The number of amides is 1. The van der Waals surface area contributed by atoms with Gasteiger partial charge in [0.25, 0.3) is 5.91 Å². The molecule has 134 valence electrons. The van der Waals surface area contributed by atoms with Crippen LogP contribution in [0.15, 0.2) is 41.6 Å². The molecule has 1 aliphatic rings. The van der Waals surface area contributed by atoms with Gasteiger partial charge in [-0.15, -0.1) is 11.8 Å². The molecule has 1 aromatic heterocycles. The molecule has 1 aromatic carbocycles. The van der Waals surface area contributed by atoms with E-state index in [2.05, 4.69) is 10.3 Å². The van der Waals surface area contributed by atoms with Gasteiger partial charge in [-0.1, -0.05) is 0 Å². The molecule has 1 saturated heterocycles. The smallest absolute Gasteiger partial charge is 0.264 e. The first-order valence-corrected chi connectivity index (χ1v) is 9.61. The van der Waals surface area contributed by atoms with Crippen molar-refractivity contribution in [3.05, 3.63) is 42.5 Å². The van der Waals surface area contributed by atoms with E-state index in [1.54, 1.807) is 18.0 Å². The summed E-state index contributed by atoms with van der Waals surface area (Å²) in [5, 5.41) is 3.35. The van der Waals surface area contributed by atoms with E-state index in [0.717, 1.165) is 12.4 Å². The van der Waals surface area contributed by atoms with E-state index in [1.807, 2.05) is 60.2 Å². The van der Waals surface area contributed by atoms with Gasteiger partial charge in [-0.2, -0.15) is 0 Å². The first-order chi connectivity index (χ1) is 12.1. The third kappa shape index (κ3) is 3.99. The molecule has 2 heterocycles. The van der Waals surface area contributed by atoms with Gasteiger partial charge in [-0.3, -0.25) is 4.79 Å². The standard InChI is InChI=1S/C18H24N4O2S/c1-13(24-14-4-6-15(25-3)7-5-14)18(23)22-11-8-19-12-16(22)17-20-9-10-21(17)2/h4-7,9-10,13,16,19H,8,11-12H2,1-3H3. The Hall–Kier alpha value is -1.99. The number of carbonyl (C=O) groups is 1. The zero-order chi connectivity index (χ0) is 17.8. The summed E-state index contributed by atoms with van der Waals surface area (Å²) >= 11 is 1.68. The quantitative estimate of drug-likeness (QED) is 0.828. The van der Waals surface area contributed by atoms with Crippen LogP contribution in [0.25, 0.3) is 0 Å². The molecule has 1 fully saturated rings. The van der Waals surface area contributed by atoms with Crippen LogP contribution in [0.2, 0.25) is 0 Å². The van der Waals surface area contributed by atoms with Crippen molar-refractivity contribution in [2.45, 2.75) is 24.0 Å². The number of nitrogens with zero attached hydrogens (tertiary/aromatic N) is 3. The van der Waals surface area contributed by atoms with Crippen molar-refractivity contribution in [1.82, 2.24) is 19.8 Å². The second-order valence-corrected chi connectivity index (χ2v) is 6.96. The normalized spacial score (nSPS) is 18.8. The number of aromatic nitrogens is 2. The summed E-state index contributed by atoms with van der Waals surface area (Å²) in [5.41, 5.74) is 0. The number of thioether (sulfide) groups is 1. The Balaban J connectivity index is 1.71. The molecule has 2 atom stereocenters. The number of hydrogen-bond acceptors (Lipinski definition) is 5. The molecule has 7 heteroatoms. The predicted molar refractivity (Wildman–Crippen MR) is 98.8 cm³/mol. The zero-order valence-electron chi connectivity index (χ0n) is 14.8. The maximum atomic E-state index is 13.0. The Morgan fingerprint density at radius 3 is 2.80 bits per heavy atom. The summed E-state index contributed by atoms with van der Waals surface area (Å²) in [6, 6.07) is 7.73. The van der Waals surface area contributed by atoms with Crippen LogP contribution >= 0.6 is 11.8 Å². The van der Waals surface area contributed by atoms with E-state index in [9.17, 15) is 4.79 Å². The first-order valence-electron chi connectivity index (χ1n) is 8.39. The molecule has 1 amide bonds. The third-order valence-electron chi connectivity index (χ3n) is 4.40. The number of nitrogens with one attached hydrogen (secondary N) is 1. The Morgan fingerprint density at radius 2 is 2.16 bits per heavy atom. The Morgan fingerprint density at radius 1 is 1.40 bits per heavy atom. The number of rotatable bonds is 5. The second kappa shape index (κ2) is 7.93. The molecule has 0 radical (unpaired) electrons. The lowest BCUT2D eigenvalue weighted by Crippen LogP contribution is -2.52. The van der Waals surface area contributed by atoms with Crippen molar-refractivity contribution in [2.75, 3.05) is 25.9 Å². The molecule has 25 heavy (non-hydrogen) atoms. The molecule has 0 saturated carbocycles. The number of ether oxygens (including phenoxy) is 1.